The molecule has 0 unspecified atom stereocenters. The highest BCUT2D eigenvalue weighted by Gasteiger charge is 2.25. The van der Waals surface area contributed by atoms with Crippen molar-refractivity contribution in [2.45, 2.75) is 31.1 Å². The fourth-order valence-corrected chi connectivity index (χ4v) is 6.65. The Balaban J connectivity index is 1.60. The maximum atomic E-state index is 13.2. The van der Waals surface area contributed by atoms with Crippen LogP contribution in [0.15, 0.2) is 46.7 Å². The Morgan fingerprint density at radius 1 is 1.12 bits per heavy atom. The van der Waals surface area contributed by atoms with Crippen molar-refractivity contribution < 1.29 is 17.6 Å². The number of carbonyl (C=O) groups is 1. The molecule has 10 heteroatoms. The van der Waals surface area contributed by atoms with Crippen LogP contribution < -0.4 is 9.62 Å². The predicted molar refractivity (Wildman–Crippen MR) is 132 cm³/mol. The summed E-state index contributed by atoms with van der Waals surface area (Å²) in [6, 6.07) is 7.67. The number of hydrogen-bond donors (Lipinski definition) is 1. The predicted octanol–water partition coefficient (Wildman–Crippen LogP) is 6.33. The minimum absolute atomic E-state index is 0.00840. The number of nitrogens with zero attached hydrogens (tertiary/aromatic N) is 1. The Morgan fingerprint density at radius 3 is 2.45 bits per heavy atom. The average Bonchev–Trinajstić information content (AvgIpc) is 3.43. The van der Waals surface area contributed by atoms with E-state index in [1.165, 1.54) is 18.2 Å². The Hall–Kier alpha value is -2.13. The number of ketones is 1. The maximum Gasteiger partial charge on any atom is 0.261 e. The summed E-state index contributed by atoms with van der Waals surface area (Å²) in [5, 5.41) is 2.60. The van der Waals surface area contributed by atoms with Gasteiger partial charge in [-0.3, -0.25) is 9.52 Å². The topological polar surface area (TPSA) is 66.5 Å². The lowest BCUT2D eigenvalue weighted by Gasteiger charge is -2.24. The van der Waals surface area contributed by atoms with Crippen molar-refractivity contribution in [3.05, 3.63) is 73.6 Å². The first-order chi connectivity index (χ1) is 15.7. The molecule has 0 atom stereocenters. The van der Waals surface area contributed by atoms with E-state index < -0.39 is 15.8 Å². The van der Waals surface area contributed by atoms with Crippen molar-refractivity contribution in [2.75, 3.05) is 22.7 Å². The van der Waals surface area contributed by atoms with Crippen LogP contribution in [0, 0.1) is 12.7 Å². The van der Waals surface area contributed by atoms with Crippen molar-refractivity contribution >= 4 is 61.7 Å². The standard InChI is InChI=1S/C23H21Cl2FN2O3S2/c1-14-17(18(24)13-19(25)22(14)28-9-2-3-10-28)12-21(29)23-20(8-11-32-23)27-33(30,31)16-6-4-15(26)5-7-16/h4-8,11,13,27H,2-3,9-10,12H2,1H3. The summed E-state index contributed by atoms with van der Waals surface area (Å²) >= 11 is 14.1. The molecule has 1 aliphatic rings. The number of Topliss-reactive ketones (excluding diaryl/α,β-unsaturated/α-hetero) is 1. The second-order valence-electron chi connectivity index (χ2n) is 7.81. The van der Waals surface area contributed by atoms with E-state index >= 15 is 0 Å². The number of anilines is 2. The van der Waals surface area contributed by atoms with Gasteiger partial charge in [0.15, 0.2) is 5.78 Å². The second kappa shape index (κ2) is 9.62. The van der Waals surface area contributed by atoms with E-state index in [0.717, 1.165) is 60.7 Å². The van der Waals surface area contributed by atoms with Gasteiger partial charge in [0.25, 0.3) is 10.0 Å². The van der Waals surface area contributed by atoms with Gasteiger partial charge in [0.2, 0.25) is 0 Å². The molecule has 0 saturated carbocycles. The van der Waals surface area contributed by atoms with Crippen molar-refractivity contribution in [2.24, 2.45) is 0 Å². The average molecular weight is 527 g/mol. The molecule has 33 heavy (non-hydrogen) atoms. The molecule has 2 aromatic carbocycles. The van der Waals surface area contributed by atoms with Crippen molar-refractivity contribution in [1.29, 1.82) is 0 Å². The molecule has 1 fully saturated rings. The van der Waals surface area contributed by atoms with Crippen LogP contribution in [-0.2, 0) is 16.4 Å². The Kier molecular flexibility index (Phi) is 7.00. The van der Waals surface area contributed by atoms with Gasteiger partial charge in [-0.2, -0.15) is 0 Å². The van der Waals surface area contributed by atoms with Crippen molar-refractivity contribution in [1.82, 2.24) is 0 Å². The van der Waals surface area contributed by atoms with Gasteiger partial charge in [-0.05, 0) is 72.7 Å². The van der Waals surface area contributed by atoms with E-state index in [9.17, 15) is 17.6 Å². The molecule has 1 aromatic heterocycles. The highest BCUT2D eigenvalue weighted by Crippen LogP contribution is 2.39. The van der Waals surface area contributed by atoms with Gasteiger partial charge in [0.05, 0.1) is 26.2 Å². The molecule has 0 radical (unpaired) electrons. The summed E-state index contributed by atoms with van der Waals surface area (Å²) in [6.45, 7) is 3.70. The van der Waals surface area contributed by atoms with Crippen LogP contribution in [0.1, 0.15) is 33.6 Å². The summed E-state index contributed by atoms with van der Waals surface area (Å²) in [5.41, 5.74) is 2.60. The lowest BCUT2D eigenvalue weighted by atomic mass is 10.00. The van der Waals surface area contributed by atoms with Crippen LogP contribution in [-0.4, -0.2) is 27.3 Å². The zero-order valence-corrected chi connectivity index (χ0v) is 20.8. The molecule has 2 heterocycles. The summed E-state index contributed by atoms with van der Waals surface area (Å²) in [5.74, 6) is -0.801. The number of sulfonamides is 1. The van der Waals surface area contributed by atoms with E-state index in [4.69, 9.17) is 23.2 Å². The Labute approximate surface area is 206 Å². The number of benzene rings is 2. The first-order valence-corrected chi connectivity index (χ1v) is 13.4. The summed E-state index contributed by atoms with van der Waals surface area (Å²) in [4.78, 5) is 15.6. The molecule has 3 aromatic rings. The molecule has 5 nitrogen and oxygen atoms in total. The highest BCUT2D eigenvalue weighted by molar-refractivity contribution is 7.92. The maximum absolute atomic E-state index is 13.2. The van der Waals surface area contributed by atoms with E-state index in [-0.39, 0.29) is 27.7 Å². The van der Waals surface area contributed by atoms with Crippen LogP contribution in [0.25, 0.3) is 0 Å². The first-order valence-electron chi connectivity index (χ1n) is 10.3. The zero-order chi connectivity index (χ0) is 23.8. The largest absolute Gasteiger partial charge is 0.370 e. The summed E-state index contributed by atoms with van der Waals surface area (Å²) < 4.78 is 41.0. The van der Waals surface area contributed by atoms with E-state index in [2.05, 4.69) is 9.62 Å². The minimum Gasteiger partial charge on any atom is -0.370 e. The number of thiophene rings is 1. The number of rotatable bonds is 7. The van der Waals surface area contributed by atoms with E-state index in [1.54, 1.807) is 11.4 Å². The van der Waals surface area contributed by atoms with Gasteiger partial charge in [-0.25, -0.2) is 12.8 Å². The van der Waals surface area contributed by atoms with Gasteiger partial charge in [0, 0.05) is 24.5 Å². The first kappa shape index (κ1) is 24.0. The highest BCUT2D eigenvalue weighted by atomic mass is 35.5. The third kappa shape index (κ3) is 5.04. The van der Waals surface area contributed by atoms with Gasteiger partial charge < -0.3 is 4.90 Å². The van der Waals surface area contributed by atoms with Gasteiger partial charge in [-0.15, -0.1) is 11.3 Å². The lowest BCUT2D eigenvalue weighted by molar-refractivity contribution is 0.0997. The second-order valence-corrected chi connectivity index (χ2v) is 11.2. The third-order valence-electron chi connectivity index (χ3n) is 5.62. The Bertz CT molecular complexity index is 1300. The lowest BCUT2D eigenvalue weighted by Crippen LogP contribution is -2.20. The molecule has 1 aliphatic heterocycles. The van der Waals surface area contributed by atoms with E-state index in [1.807, 2.05) is 6.92 Å². The van der Waals surface area contributed by atoms with E-state index in [0.29, 0.717) is 15.6 Å². The van der Waals surface area contributed by atoms with Crippen molar-refractivity contribution in [3.63, 3.8) is 0 Å². The number of hydrogen-bond acceptors (Lipinski definition) is 5. The van der Waals surface area contributed by atoms with Crippen LogP contribution in [0.2, 0.25) is 10.0 Å². The summed E-state index contributed by atoms with van der Waals surface area (Å²) in [6.07, 6.45) is 2.17. The molecule has 0 aliphatic carbocycles. The van der Waals surface area contributed by atoms with Gasteiger partial charge >= 0.3 is 0 Å². The minimum atomic E-state index is -3.98. The SMILES string of the molecule is Cc1c(CC(=O)c2sccc2NS(=O)(=O)c2ccc(F)cc2)c(Cl)cc(Cl)c1N1CCCC1. The molecule has 1 saturated heterocycles. The molecule has 4 rings (SSSR count). The smallest absolute Gasteiger partial charge is 0.261 e. The van der Waals surface area contributed by atoms with Crippen LogP contribution in [0.3, 0.4) is 0 Å². The van der Waals surface area contributed by atoms with Gasteiger partial charge in [-0.1, -0.05) is 23.2 Å². The third-order valence-corrected chi connectivity index (χ3v) is 8.58. The van der Waals surface area contributed by atoms with Crippen LogP contribution in [0.4, 0.5) is 15.8 Å². The normalized spacial score (nSPS) is 14.0. The van der Waals surface area contributed by atoms with Crippen LogP contribution in [0.5, 0.6) is 0 Å². The fraction of sp³-hybridized carbons (Fsp3) is 0.261. The molecule has 0 amide bonds. The monoisotopic (exact) mass is 526 g/mol. The quantitative estimate of drug-likeness (QED) is 0.365. The Morgan fingerprint density at radius 2 is 1.79 bits per heavy atom. The number of nitrogens with one attached hydrogen (secondary N) is 1. The van der Waals surface area contributed by atoms with Crippen molar-refractivity contribution in [3.8, 4) is 0 Å². The molecule has 0 spiro atoms. The fourth-order valence-electron chi connectivity index (χ4n) is 3.98. The number of carbonyl (C=O) groups excluding carboxylic acids is 1. The molecule has 0 bridgehead atoms. The molecular formula is C23H21Cl2FN2O3S2. The zero-order valence-electron chi connectivity index (χ0n) is 17.7. The van der Waals surface area contributed by atoms with Crippen LogP contribution >= 0.6 is 34.5 Å². The number of halogens is 3. The molecular weight excluding hydrogens is 506 g/mol. The summed E-state index contributed by atoms with van der Waals surface area (Å²) in [7, 11) is -3.98. The van der Waals surface area contributed by atoms with Gasteiger partial charge in [0.1, 0.15) is 5.82 Å². The molecule has 1 N–H and O–H groups in total. The molecule has 174 valence electrons.